The lowest BCUT2D eigenvalue weighted by molar-refractivity contribution is -0.105. The first-order valence-corrected chi connectivity index (χ1v) is 8.05. The topological polar surface area (TPSA) is 58.6 Å². The molecule has 2 amide bonds. The summed E-state index contributed by atoms with van der Waals surface area (Å²) in [5.41, 5.74) is 2.60. The van der Waals surface area contributed by atoms with Crippen molar-refractivity contribution < 1.29 is 18.7 Å². The summed E-state index contributed by atoms with van der Waals surface area (Å²) < 4.78 is 19.2. The van der Waals surface area contributed by atoms with Gasteiger partial charge in [-0.15, -0.1) is 0 Å². The molecule has 1 saturated heterocycles. The lowest BCUT2D eigenvalue weighted by Gasteiger charge is -2.33. The number of aryl methyl sites for hydroxylation is 1. The van der Waals surface area contributed by atoms with E-state index in [1.807, 2.05) is 0 Å². The van der Waals surface area contributed by atoms with Crippen LogP contribution in [-0.2, 0) is 9.53 Å². The first-order chi connectivity index (χ1) is 12.1. The van der Waals surface area contributed by atoms with Gasteiger partial charge in [-0.3, -0.25) is 9.59 Å². The van der Waals surface area contributed by atoms with E-state index in [-0.39, 0.29) is 17.8 Å². The Bertz CT molecular complexity index is 777. The lowest BCUT2D eigenvalue weighted by atomic mass is 10.0. The molecule has 3 rings (SSSR count). The summed E-state index contributed by atoms with van der Waals surface area (Å²) in [7, 11) is 0. The number of hydrogen-bond acceptors (Lipinski definition) is 3. The van der Waals surface area contributed by atoms with Crippen molar-refractivity contribution in [2.45, 2.75) is 13.0 Å². The smallest absolute Gasteiger partial charge is 0.254 e. The van der Waals surface area contributed by atoms with E-state index in [1.54, 1.807) is 48.2 Å². The lowest BCUT2D eigenvalue weighted by Crippen LogP contribution is -2.42. The Balaban J connectivity index is 1.72. The number of ether oxygens (including phenoxy) is 1. The average Bonchev–Trinajstić information content (AvgIpc) is 2.64. The largest absolute Gasteiger partial charge is 0.370 e. The molecule has 25 heavy (non-hydrogen) atoms. The fourth-order valence-electron chi connectivity index (χ4n) is 2.86. The molecule has 1 fully saturated rings. The highest BCUT2D eigenvalue weighted by Crippen LogP contribution is 2.25. The minimum absolute atomic E-state index is 0.0928. The number of morpholine rings is 1. The number of rotatable bonds is 4. The van der Waals surface area contributed by atoms with Crippen molar-refractivity contribution in [3.63, 3.8) is 0 Å². The molecular weight excluding hydrogens is 323 g/mol. The molecule has 1 N–H and O–H groups in total. The van der Waals surface area contributed by atoms with Gasteiger partial charge in [-0.05, 0) is 48.4 Å². The molecule has 1 heterocycles. The molecule has 2 aromatic carbocycles. The van der Waals surface area contributed by atoms with Gasteiger partial charge in [-0.2, -0.15) is 0 Å². The number of hydrogen-bond donors (Lipinski definition) is 1. The summed E-state index contributed by atoms with van der Waals surface area (Å²) in [5, 5.41) is 2.54. The van der Waals surface area contributed by atoms with Gasteiger partial charge >= 0.3 is 0 Å². The number of nitrogens with one attached hydrogen (secondary N) is 1. The normalized spacial score (nSPS) is 17.2. The van der Waals surface area contributed by atoms with Gasteiger partial charge in [0, 0.05) is 17.8 Å². The first-order valence-electron chi connectivity index (χ1n) is 8.05. The van der Waals surface area contributed by atoms with Crippen LogP contribution in [0.25, 0.3) is 0 Å². The number of halogens is 1. The van der Waals surface area contributed by atoms with Gasteiger partial charge < -0.3 is 15.0 Å². The van der Waals surface area contributed by atoms with Crippen LogP contribution in [0.2, 0.25) is 0 Å². The summed E-state index contributed by atoms with van der Waals surface area (Å²) in [5.74, 6) is -0.346. The van der Waals surface area contributed by atoms with E-state index in [2.05, 4.69) is 5.32 Å². The van der Waals surface area contributed by atoms with Crippen LogP contribution in [-0.4, -0.2) is 36.9 Å². The Hall–Kier alpha value is -2.73. The molecule has 1 atom stereocenters. The molecule has 0 radical (unpaired) electrons. The zero-order valence-corrected chi connectivity index (χ0v) is 13.9. The average molecular weight is 342 g/mol. The van der Waals surface area contributed by atoms with Crippen LogP contribution in [0.15, 0.2) is 42.5 Å². The number of nitrogens with zero attached hydrogens (tertiary/aromatic N) is 1. The maximum Gasteiger partial charge on any atom is 0.254 e. The second-order valence-corrected chi connectivity index (χ2v) is 5.96. The van der Waals surface area contributed by atoms with Gasteiger partial charge in [0.1, 0.15) is 11.9 Å². The molecule has 130 valence electrons. The third kappa shape index (κ3) is 3.85. The summed E-state index contributed by atoms with van der Waals surface area (Å²) in [4.78, 5) is 24.9. The van der Waals surface area contributed by atoms with Crippen molar-refractivity contribution in [3.8, 4) is 0 Å². The number of carbonyl (C=O) groups excluding carboxylic acids is 2. The number of amides is 2. The molecule has 0 unspecified atom stereocenters. The molecule has 0 aliphatic carbocycles. The second-order valence-electron chi connectivity index (χ2n) is 5.96. The van der Waals surface area contributed by atoms with E-state index in [0.29, 0.717) is 42.9 Å². The van der Waals surface area contributed by atoms with Crippen molar-refractivity contribution in [2.24, 2.45) is 0 Å². The van der Waals surface area contributed by atoms with E-state index >= 15 is 0 Å². The first kappa shape index (κ1) is 17.1. The van der Waals surface area contributed by atoms with E-state index in [4.69, 9.17) is 4.74 Å². The molecule has 0 bridgehead atoms. The number of anilines is 1. The van der Waals surface area contributed by atoms with E-state index in [9.17, 15) is 14.0 Å². The summed E-state index contributed by atoms with van der Waals surface area (Å²) in [6, 6.07) is 11.6. The SMILES string of the molecule is Cc1cc([C@H]2CN(C(=O)c3ccc(NC=O)cc3)CCO2)ccc1F. The van der Waals surface area contributed by atoms with Crippen molar-refractivity contribution in [2.75, 3.05) is 25.0 Å². The van der Waals surface area contributed by atoms with E-state index < -0.39 is 0 Å². The molecule has 1 aliphatic rings. The van der Waals surface area contributed by atoms with Crippen LogP contribution in [0.1, 0.15) is 27.6 Å². The van der Waals surface area contributed by atoms with Crippen LogP contribution in [0, 0.1) is 12.7 Å². The fourth-order valence-corrected chi connectivity index (χ4v) is 2.86. The van der Waals surface area contributed by atoms with Gasteiger partial charge in [0.05, 0.1) is 13.2 Å². The predicted molar refractivity (Wildman–Crippen MR) is 91.9 cm³/mol. The molecule has 0 spiro atoms. The van der Waals surface area contributed by atoms with E-state index in [1.165, 1.54) is 6.07 Å². The molecular formula is C19H19FN2O3. The highest BCUT2D eigenvalue weighted by Gasteiger charge is 2.26. The van der Waals surface area contributed by atoms with Crippen molar-refractivity contribution >= 4 is 18.0 Å². The Morgan fingerprint density at radius 3 is 2.72 bits per heavy atom. The quantitative estimate of drug-likeness (QED) is 0.869. The third-order valence-electron chi connectivity index (χ3n) is 4.26. The molecule has 0 aromatic heterocycles. The predicted octanol–water partition coefficient (Wildman–Crippen LogP) is 2.92. The Kier molecular flexibility index (Phi) is 5.09. The monoisotopic (exact) mass is 342 g/mol. The van der Waals surface area contributed by atoms with Crippen molar-refractivity contribution in [1.82, 2.24) is 4.90 Å². The zero-order chi connectivity index (χ0) is 17.8. The zero-order valence-electron chi connectivity index (χ0n) is 13.9. The van der Waals surface area contributed by atoms with E-state index in [0.717, 1.165) is 5.56 Å². The fraction of sp³-hybridized carbons (Fsp3) is 0.263. The van der Waals surface area contributed by atoms with Crippen LogP contribution < -0.4 is 5.32 Å². The van der Waals surface area contributed by atoms with Gasteiger partial charge in [0.15, 0.2) is 0 Å². The van der Waals surface area contributed by atoms with Gasteiger partial charge in [-0.1, -0.05) is 12.1 Å². The van der Waals surface area contributed by atoms with Gasteiger partial charge in [0.2, 0.25) is 6.41 Å². The number of carbonyl (C=O) groups is 2. The summed E-state index contributed by atoms with van der Waals surface area (Å²) >= 11 is 0. The maximum absolute atomic E-state index is 13.4. The molecule has 0 saturated carbocycles. The van der Waals surface area contributed by atoms with Gasteiger partial charge in [-0.25, -0.2) is 4.39 Å². The van der Waals surface area contributed by atoms with Crippen LogP contribution in [0.4, 0.5) is 10.1 Å². The number of benzene rings is 2. The van der Waals surface area contributed by atoms with Crippen molar-refractivity contribution in [3.05, 3.63) is 65.0 Å². The van der Waals surface area contributed by atoms with Crippen LogP contribution in [0.3, 0.4) is 0 Å². The highest BCUT2D eigenvalue weighted by atomic mass is 19.1. The second kappa shape index (κ2) is 7.44. The Morgan fingerprint density at radius 1 is 1.28 bits per heavy atom. The molecule has 1 aliphatic heterocycles. The molecule has 2 aromatic rings. The third-order valence-corrected chi connectivity index (χ3v) is 4.26. The Labute approximate surface area is 145 Å². The molecule has 5 nitrogen and oxygen atoms in total. The standard InChI is InChI=1S/C19H19FN2O3/c1-13-10-15(4-7-17(13)20)18-11-22(8-9-25-18)19(24)14-2-5-16(6-3-14)21-12-23/h2-7,10,12,18H,8-9,11H2,1H3,(H,21,23)/t18-/m1/s1. The van der Waals surface area contributed by atoms with Crippen LogP contribution in [0.5, 0.6) is 0 Å². The van der Waals surface area contributed by atoms with Gasteiger partial charge in [0.25, 0.3) is 5.91 Å². The highest BCUT2D eigenvalue weighted by molar-refractivity contribution is 5.94. The van der Waals surface area contributed by atoms with Crippen LogP contribution >= 0.6 is 0 Å². The minimum atomic E-state index is -0.270. The molecule has 6 heteroatoms. The summed E-state index contributed by atoms with van der Waals surface area (Å²) in [6.45, 7) is 3.05. The Morgan fingerprint density at radius 2 is 2.04 bits per heavy atom. The minimum Gasteiger partial charge on any atom is -0.370 e. The van der Waals surface area contributed by atoms with Crippen molar-refractivity contribution in [1.29, 1.82) is 0 Å². The maximum atomic E-state index is 13.4. The summed E-state index contributed by atoms with van der Waals surface area (Å²) in [6.07, 6.45) is 0.321.